The van der Waals surface area contributed by atoms with E-state index in [1.165, 1.54) is 48.8 Å². The maximum Gasteiger partial charge on any atom is 0.190 e. The van der Waals surface area contributed by atoms with Gasteiger partial charge in [-0.1, -0.05) is 31.4 Å². The minimum Gasteiger partial charge on any atom is -0.313 e. The van der Waals surface area contributed by atoms with Gasteiger partial charge < -0.3 is 4.57 Å². The van der Waals surface area contributed by atoms with Gasteiger partial charge in [-0.25, -0.2) is 13.8 Å². The molecular formula is C21H20F2N2S. The van der Waals surface area contributed by atoms with Gasteiger partial charge in [-0.2, -0.15) is 0 Å². The Balaban J connectivity index is 1.86. The van der Waals surface area contributed by atoms with Crippen molar-refractivity contribution in [1.82, 2.24) is 4.57 Å². The number of rotatable bonds is 3. The smallest absolute Gasteiger partial charge is 0.190 e. The molecule has 134 valence electrons. The largest absolute Gasteiger partial charge is 0.313 e. The van der Waals surface area contributed by atoms with Crippen LogP contribution in [0.5, 0.6) is 0 Å². The van der Waals surface area contributed by atoms with Gasteiger partial charge in [0.15, 0.2) is 4.80 Å². The van der Waals surface area contributed by atoms with Crippen molar-refractivity contribution in [1.29, 1.82) is 0 Å². The molecule has 0 saturated heterocycles. The number of halogens is 2. The fraction of sp³-hybridized carbons (Fsp3) is 0.286. The number of thiazole rings is 1. The zero-order valence-electron chi connectivity index (χ0n) is 14.4. The molecule has 0 amide bonds. The number of aromatic nitrogens is 1. The molecule has 5 heteroatoms. The van der Waals surface area contributed by atoms with Gasteiger partial charge in [-0.3, -0.25) is 0 Å². The van der Waals surface area contributed by atoms with Crippen LogP contribution < -0.4 is 4.80 Å². The normalized spacial score (nSPS) is 16.2. The van der Waals surface area contributed by atoms with Crippen molar-refractivity contribution in [2.75, 3.05) is 0 Å². The molecule has 1 saturated carbocycles. The fourth-order valence-electron chi connectivity index (χ4n) is 3.57. The SMILES string of the molecule is Fc1ccc(-c2csc(=Nc3ccccc3F)n2C2CCCCC2)cc1. The van der Waals surface area contributed by atoms with E-state index in [-0.39, 0.29) is 11.6 Å². The quantitative estimate of drug-likeness (QED) is 0.520. The van der Waals surface area contributed by atoms with Gasteiger partial charge in [0, 0.05) is 11.4 Å². The first-order chi connectivity index (χ1) is 12.7. The lowest BCUT2D eigenvalue weighted by Gasteiger charge is -2.25. The summed E-state index contributed by atoms with van der Waals surface area (Å²) < 4.78 is 29.6. The number of benzene rings is 2. The molecule has 1 aromatic heterocycles. The molecule has 1 aliphatic carbocycles. The average molecular weight is 370 g/mol. The van der Waals surface area contributed by atoms with E-state index in [2.05, 4.69) is 9.56 Å². The van der Waals surface area contributed by atoms with E-state index in [1.54, 1.807) is 30.3 Å². The summed E-state index contributed by atoms with van der Waals surface area (Å²) in [6.45, 7) is 0. The van der Waals surface area contributed by atoms with Gasteiger partial charge >= 0.3 is 0 Å². The number of para-hydroxylation sites is 1. The third kappa shape index (κ3) is 3.49. The summed E-state index contributed by atoms with van der Waals surface area (Å²) >= 11 is 1.51. The lowest BCUT2D eigenvalue weighted by Crippen LogP contribution is -2.23. The predicted octanol–water partition coefficient (Wildman–Crippen LogP) is 6.23. The van der Waals surface area contributed by atoms with Gasteiger partial charge in [0.05, 0.1) is 5.69 Å². The Morgan fingerprint density at radius 2 is 1.65 bits per heavy atom. The highest BCUT2D eigenvalue weighted by Gasteiger charge is 2.20. The van der Waals surface area contributed by atoms with Crippen molar-refractivity contribution >= 4 is 17.0 Å². The predicted molar refractivity (Wildman–Crippen MR) is 101 cm³/mol. The number of hydrogen-bond donors (Lipinski definition) is 0. The summed E-state index contributed by atoms with van der Waals surface area (Å²) in [5.74, 6) is -0.566. The molecule has 1 aliphatic rings. The van der Waals surface area contributed by atoms with E-state index in [0.29, 0.717) is 11.7 Å². The van der Waals surface area contributed by atoms with Crippen molar-refractivity contribution in [3.8, 4) is 11.3 Å². The Morgan fingerprint density at radius 1 is 0.923 bits per heavy atom. The number of hydrogen-bond acceptors (Lipinski definition) is 2. The molecule has 1 fully saturated rings. The lowest BCUT2D eigenvalue weighted by atomic mass is 9.95. The van der Waals surface area contributed by atoms with Crippen LogP contribution in [0.4, 0.5) is 14.5 Å². The van der Waals surface area contributed by atoms with E-state index in [9.17, 15) is 8.78 Å². The van der Waals surface area contributed by atoms with Crippen LogP contribution in [0.15, 0.2) is 58.9 Å². The summed E-state index contributed by atoms with van der Waals surface area (Å²) in [6, 6.07) is 13.5. The second-order valence-corrected chi connectivity index (χ2v) is 7.47. The van der Waals surface area contributed by atoms with Crippen LogP contribution in [0.25, 0.3) is 11.3 Å². The van der Waals surface area contributed by atoms with Gasteiger partial charge in [0.25, 0.3) is 0 Å². The third-order valence-electron chi connectivity index (χ3n) is 4.89. The summed E-state index contributed by atoms with van der Waals surface area (Å²) in [5.41, 5.74) is 2.34. The maximum atomic E-state index is 14.1. The zero-order valence-corrected chi connectivity index (χ0v) is 15.2. The van der Waals surface area contributed by atoms with Crippen molar-refractivity contribution < 1.29 is 8.78 Å². The molecule has 0 unspecified atom stereocenters. The molecule has 4 rings (SSSR count). The van der Waals surface area contributed by atoms with Crippen molar-refractivity contribution in [2.45, 2.75) is 38.1 Å². The summed E-state index contributed by atoms with van der Waals surface area (Å²) in [7, 11) is 0. The molecule has 0 atom stereocenters. The van der Waals surface area contributed by atoms with Gasteiger partial charge in [-0.15, -0.1) is 11.3 Å². The molecule has 0 N–H and O–H groups in total. The molecule has 2 nitrogen and oxygen atoms in total. The summed E-state index contributed by atoms with van der Waals surface area (Å²) in [5, 5.41) is 2.04. The second kappa shape index (κ2) is 7.54. The van der Waals surface area contributed by atoms with E-state index in [0.717, 1.165) is 28.9 Å². The monoisotopic (exact) mass is 370 g/mol. The van der Waals surface area contributed by atoms with Crippen molar-refractivity contribution in [2.24, 2.45) is 4.99 Å². The minimum atomic E-state index is -0.320. The zero-order chi connectivity index (χ0) is 17.9. The molecular weight excluding hydrogens is 350 g/mol. The van der Waals surface area contributed by atoms with E-state index in [1.807, 2.05) is 5.38 Å². The van der Waals surface area contributed by atoms with Gasteiger partial charge in [0.2, 0.25) is 0 Å². The molecule has 0 aliphatic heterocycles. The Morgan fingerprint density at radius 3 is 2.38 bits per heavy atom. The standard InChI is InChI=1S/C21H20F2N2S/c22-16-12-10-15(11-13-16)20-14-26-21(24-19-9-5-4-8-18(19)23)25(20)17-6-2-1-3-7-17/h4-5,8-14,17H,1-3,6-7H2. The fourth-order valence-corrected chi connectivity index (χ4v) is 4.55. The van der Waals surface area contributed by atoms with E-state index in [4.69, 9.17) is 0 Å². The molecule has 1 heterocycles. The molecule has 0 spiro atoms. The Kier molecular flexibility index (Phi) is 4.98. The first-order valence-corrected chi connectivity index (χ1v) is 9.85. The first-order valence-electron chi connectivity index (χ1n) is 8.97. The highest BCUT2D eigenvalue weighted by atomic mass is 32.1. The molecule has 2 aromatic carbocycles. The van der Waals surface area contributed by atoms with Crippen LogP contribution in [-0.4, -0.2) is 4.57 Å². The van der Waals surface area contributed by atoms with E-state index >= 15 is 0 Å². The second-order valence-electron chi connectivity index (χ2n) is 6.64. The maximum absolute atomic E-state index is 14.1. The van der Waals surface area contributed by atoms with Crippen LogP contribution in [0, 0.1) is 11.6 Å². The van der Waals surface area contributed by atoms with Crippen LogP contribution in [-0.2, 0) is 0 Å². The van der Waals surface area contributed by atoms with Gasteiger partial charge in [-0.05, 0) is 54.8 Å². The molecule has 26 heavy (non-hydrogen) atoms. The Hall–Kier alpha value is -2.27. The summed E-state index contributed by atoms with van der Waals surface area (Å²) in [6.07, 6.45) is 5.82. The molecule has 0 radical (unpaired) electrons. The third-order valence-corrected chi connectivity index (χ3v) is 5.73. The highest BCUT2D eigenvalue weighted by Crippen LogP contribution is 2.32. The Bertz CT molecular complexity index is 951. The average Bonchev–Trinajstić information content (AvgIpc) is 3.08. The van der Waals surface area contributed by atoms with Crippen LogP contribution >= 0.6 is 11.3 Å². The van der Waals surface area contributed by atoms with Crippen LogP contribution in [0.2, 0.25) is 0 Å². The topological polar surface area (TPSA) is 17.3 Å². The first kappa shape index (κ1) is 17.2. The Labute approximate surface area is 155 Å². The number of nitrogens with zero attached hydrogens (tertiary/aromatic N) is 2. The van der Waals surface area contributed by atoms with Crippen molar-refractivity contribution in [3.05, 3.63) is 70.3 Å². The molecule has 3 aromatic rings. The van der Waals surface area contributed by atoms with E-state index < -0.39 is 0 Å². The minimum absolute atomic E-state index is 0.246. The van der Waals surface area contributed by atoms with Crippen LogP contribution in [0.1, 0.15) is 38.1 Å². The summed E-state index contributed by atoms with van der Waals surface area (Å²) in [4.78, 5) is 5.40. The lowest BCUT2D eigenvalue weighted by molar-refractivity contribution is 0.351. The van der Waals surface area contributed by atoms with Gasteiger partial charge in [0.1, 0.15) is 17.3 Å². The molecule has 0 bridgehead atoms. The highest BCUT2D eigenvalue weighted by molar-refractivity contribution is 7.07. The van der Waals surface area contributed by atoms with Crippen molar-refractivity contribution in [3.63, 3.8) is 0 Å². The van der Waals surface area contributed by atoms with Crippen LogP contribution in [0.3, 0.4) is 0 Å².